The molecule has 0 aromatic rings. The number of carbonyl (C=O) groups excluding carboxylic acids is 1. The van der Waals surface area contributed by atoms with Crippen LogP contribution in [0.4, 0.5) is 0 Å². The number of aldehydes is 1. The Morgan fingerprint density at radius 2 is 1.97 bits per heavy atom. The van der Waals surface area contributed by atoms with Crippen LogP contribution < -0.4 is 0 Å². The predicted molar refractivity (Wildman–Crippen MR) is 149 cm³/mol. The predicted octanol–water partition coefficient (Wildman–Crippen LogP) is 4.96. The van der Waals surface area contributed by atoms with Crippen LogP contribution in [0, 0.1) is 45.8 Å². The molecule has 7 nitrogen and oxygen atoms in total. The molecule has 1 heterocycles. The van der Waals surface area contributed by atoms with Gasteiger partial charge >= 0.3 is 5.97 Å². The van der Waals surface area contributed by atoms with Crippen molar-refractivity contribution in [2.24, 2.45) is 45.8 Å². The highest BCUT2D eigenvalue weighted by Crippen LogP contribution is 2.82. The van der Waals surface area contributed by atoms with E-state index in [0.717, 1.165) is 44.2 Å². The first-order chi connectivity index (χ1) is 18.5. The van der Waals surface area contributed by atoms with E-state index in [9.17, 15) is 14.7 Å². The summed E-state index contributed by atoms with van der Waals surface area (Å²) in [5, 5.41) is 11.2. The fourth-order valence-corrected chi connectivity index (χ4v) is 9.75. The molecule has 39 heavy (non-hydrogen) atoms. The molecule has 5 rings (SSSR count). The number of nitrogens with zero attached hydrogens (tertiary/aromatic N) is 1. The lowest BCUT2D eigenvalue weighted by molar-refractivity contribution is -0.219. The van der Waals surface area contributed by atoms with E-state index in [2.05, 4.69) is 51.7 Å². The molecule has 1 N–H and O–H groups in total. The molecule has 4 bridgehead atoms. The maximum Gasteiger partial charge on any atom is 0.315 e. The number of allylic oxidation sites excluding steroid dienone is 2. The van der Waals surface area contributed by atoms with Crippen molar-refractivity contribution in [2.45, 2.75) is 85.7 Å². The zero-order chi connectivity index (χ0) is 28.3. The van der Waals surface area contributed by atoms with Crippen molar-refractivity contribution >= 4 is 12.3 Å². The van der Waals surface area contributed by atoms with Gasteiger partial charge in [0.15, 0.2) is 6.29 Å². The lowest BCUT2D eigenvalue weighted by Gasteiger charge is -2.58. The number of carboxylic acids is 1. The summed E-state index contributed by atoms with van der Waals surface area (Å²) in [6.07, 6.45) is 8.18. The largest absolute Gasteiger partial charge is 0.481 e. The van der Waals surface area contributed by atoms with Gasteiger partial charge in [0.2, 0.25) is 0 Å². The van der Waals surface area contributed by atoms with E-state index < -0.39 is 28.5 Å². The minimum Gasteiger partial charge on any atom is -0.481 e. The monoisotopic (exact) mass is 543 g/mol. The van der Waals surface area contributed by atoms with E-state index in [1.165, 1.54) is 5.57 Å². The van der Waals surface area contributed by atoms with Crippen LogP contribution in [0.3, 0.4) is 0 Å². The number of methoxy groups -OCH3 is 1. The van der Waals surface area contributed by atoms with Crippen molar-refractivity contribution in [3.63, 3.8) is 0 Å². The molecule has 10 atom stereocenters. The molecular formula is C32H49NO6. The van der Waals surface area contributed by atoms with Crippen LogP contribution in [0.15, 0.2) is 23.3 Å². The highest BCUT2D eigenvalue weighted by Gasteiger charge is 2.84. The second-order valence-corrected chi connectivity index (χ2v) is 13.8. The van der Waals surface area contributed by atoms with Gasteiger partial charge in [0, 0.05) is 32.2 Å². The minimum atomic E-state index is -1.22. The number of fused-ring (bicyclic) bond motifs is 2. The molecule has 0 amide bonds. The second kappa shape index (κ2) is 10.4. The van der Waals surface area contributed by atoms with Crippen LogP contribution in [0.2, 0.25) is 0 Å². The van der Waals surface area contributed by atoms with Gasteiger partial charge in [-0.05, 0) is 69.6 Å². The molecule has 4 fully saturated rings. The maximum atomic E-state index is 13.7. The molecule has 7 heteroatoms. The first kappa shape index (κ1) is 29.0. The summed E-state index contributed by atoms with van der Waals surface area (Å²) in [6.45, 7) is 15.0. The summed E-state index contributed by atoms with van der Waals surface area (Å²) >= 11 is 0. The minimum absolute atomic E-state index is 0.0192. The molecule has 0 aromatic carbocycles. The van der Waals surface area contributed by atoms with Gasteiger partial charge in [-0.15, -0.1) is 0 Å². The molecule has 0 spiro atoms. The third-order valence-corrected chi connectivity index (χ3v) is 11.4. The number of carboxylic acid groups (broad SMARTS) is 1. The molecule has 218 valence electrons. The van der Waals surface area contributed by atoms with Gasteiger partial charge in [0.25, 0.3) is 0 Å². The summed E-state index contributed by atoms with van der Waals surface area (Å²) < 4.78 is 18.9. The fourth-order valence-electron chi connectivity index (χ4n) is 9.75. The van der Waals surface area contributed by atoms with Gasteiger partial charge in [-0.3, -0.25) is 9.69 Å². The van der Waals surface area contributed by atoms with E-state index in [4.69, 9.17) is 14.2 Å². The van der Waals surface area contributed by atoms with E-state index in [0.29, 0.717) is 24.8 Å². The van der Waals surface area contributed by atoms with Crippen molar-refractivity contribution in [3.8, 4) is 0 Å². The van der Waals surface area contributed by atoms with Gasteiger partial charge < -0.3 is 24.1 Å². The topological polar surface area (TPSA) is 85.3 Å². The van der Waals surface area contributed by atoms with Gasteiger partial charge in [-0.2, -0.15) is 0 Å². The Morgan fingerprint density at radius 3 is 2.59 bits per heavy atom. The van der Waals surface area contributed by atoms with Crippen molar-refractivity contribution in [1.29, 1.82) is 0 Å². The first-order valence-corrected chi connectivity index (χ1v) is 15.0. The Morgan fingerprint density at radius 1 is 1.23 bits per heavy atom. The van der Waals surface area contributed by atoms with Crippen molar-refractivity contribution in [1.82, 2.24) is 4.90 Å². The van der Waals surface area contributed by atoms with E-state index in [1.54, 1.807) is 7.11 Å². The second-order valence-electron chi connectivity index (χ2n) is 13.8. The Balaban J connectivity index is 1.51. The number of carbonyl (C=O) groups is 2. The third-order valence-electron chi connectivity index (χ3n) is 11.4. The SMILES string of the molecule is CO[C@H]1CN(CC=C(C)C)C[C@H](OCC23C[C@@H]4[C@H](C)CC[C@H]4[C@@]4(C=O)CC2C=C(C(C)C)[C@@]34C(=O)O)O[C@@H]1C. The molecule has 0 aromatic heterocycles. The summed E-state index contributed by atoms with van der Waals surface area (Å²) in [7, 11) is 1.72. The first-order valence-electron chi connectivity index (χ1n) is 15.0. The van der Waals surface area contributed by atoms with Crippen LogP contribution >= 0.6 is 0 Å². The number of hydrogen-bond donors (Lipinski definition) is 1. The summed E-state index contributed by atoms with van der Waals surface area (Å²) in [4.78, 5) is 29.2. The van der Waals surface area contributed by atoms with E-state index in [-0.39, 0.29) is 36.6 Å². The molecule has 0 radical (unpaired) electrons. The van der Waals surface area contributed by atoms with Crippen LogP contribution in [0.5, 0.6) is 0 Å². The molecule has 1 saturated heterocycles. The van der Waals surface area contributed by atoms with Crippen molar-refractivity contribution in [3.05, 3.63) is 23.3 Å². The van der Waals surface area contributed by atoms with Crippen LogP contribution in [0.25, 0.3) is 0 Å². The zero-order valence-corrected chi connectivity index (χ0v) is 24.9. The number of aliphatic carboxylic acids is 1. The molecule has 3 saturated carbocycles. The molecule has 1 aliphatic heterocycles. The van der Waals surface area contributed by atoms with Gasteiger partial charge in [-0.25, -0.2) is 0 Å². The van der Waals surface area contributed by atoms with Gasteiger partial charge in [0.05, 0.1) is 24.2 Å². The summed E-state index contributed by atoms with van der Waals surface area (Å²) in [5.74, 6) is 0.185. The molecule has 4 aliphatic carbocycles. The lowest BCUT2D eigenvalue weighted by Crippen LogP contribution is -2.63. The van der Waals surface area contributed by atoms with Crippen LogP contribution in [-0.2, 0) is 23.8 Å². The smallest absolute Gasteiger partial charge is 0.315 e. The van der Waals surface area contributed by atoms with Gasteiger partial charge in [-0.1, -0.05) is 50.5 Å². The van der Waals surface area contributed by atoms with Crippen molar-refractivity contribution in [2.75, 3.05) is 33.4 Å². The Bertz CT molecular complexity index is 1030. The lowest BCUT2D eigenvalue weighted by atomic mass is 9.43. The van der Waals surface area contributed by atoms with Gasteiger partial charge in [0.1, 0.15) is 11.7 Å². The van der Waals surface area contributed by atoms with E-state index >= 15 is 0 Å². The molecule has 2 unspecified atom stereocenters. The third kappa shape index (κ3) is 4.04. The highest BCUT2D eigenvalue weighted by atomic mass is 16.7. The quantitative estimate of drug-likeness (QED) is 0.325. The Hall–Kier alpha value is -1.54. The standard InChI is InChI=1S/C32H49NO6/c1-19(2)10-11-33-15-27(37-7)22(6)39-28(16-33)38-18-31-14-24-21(5)8-9-25(24)30(17-34)13-23(31)12-26(20(3)4)32(30,31)29(35)36/h10,12,17,20-25,27-28H,8-9,11,13-16,18H2,1-7H3,(H,35,36)/t21-,22-,23?,24-,25-,27+,28-,30+,31?,32+/m1/s1. The highest BCUT2D eigenvalue weighted by molar-refractivity contribution is 5.90. The number of rotatable bonds is 9. The number of hydrogen-bond acceptors (Lipinski definition) is 6. The average molecular weight is 544 g/mol. The summed E-state index contributed by atoms with van der Waals surface area (Å²) in [6, 6.07) is 0. The van der Waals surface area contributed by atoms with E-state index in [1.807, 2.05) is 6.92 Å². The van der Waals surface area contributed by atoms with Crippen LogP contribution in [0.1, 0.15) is 67.2 Å². The average Bonchev–Trinajstić information content (AvgIpc) is 3.40. The summed E-state index contributed by atoms with van der Waals surface area (Å²) in [5.41, 5.74) is -0.546. The zero-order valence-electron chi connectivity index (χ0n) is 24.9. The van der Waals surface area contributed by atoms with Crippen LogP contribution in [-0.4, -0.2) is 74.1 Å². The Kier molecular flexibility index (Phi) is 7.71. The normalized spacial score (nSPS) is 45.1. The Labute approximate surface area is 234 Å². The molecule has 5 aliphatic rings. The van der Waals surface area contributed by atoms with Crippen molar-refractivity contribution < 1.29 is 28.9 Å². The molecular weight excluding hydrogens is 494 g/mol. The maximum absolute atomic E-state index is 13.7. The fraction of sp³-hybridized carbons (Fsp3) is 0.812. The number of ether oxygens (including phenoxy) is 3.